The summed E-state index contributed by atoms with van der Waals surface area (Å²) in [5.74, 6) is -0.587. The molecule has 0 saturated carbocycles. The zero-order valence-corrected chi connectivity index (χ0v) is 18.5. The van der Waals surface area contributed by atoms with Crippen LogP contribution in [0.2, 0.25) is 0 Å². The number of amides is 2. The molecular formula is C22H27N3O4S. The summed E-state index contributed by atoms with van der Waals surface area (Å²) in [6, 6.07) is 9.40. The smallest absolute Gasteiger partial charge is 0.251 e. The van der Waals surface area contributed by atoms with Gasteiger partial charge in [0.2, 0.25) is 15.9 Å². The summed E-state index contributed by atoms with van der Waals surface area (Å²) >= 11 is 0. The number of hydrogen-bond donors (Lipinski definition) is 2. The molecule has 2 N–H and O–H groups in total. The lowest BCUT2D eigenvalue weighted by molar-refractivity contribution is -0.119. The maximum absolute atomic E-state index is 13.4. The van der Waals surface area contributed by atoms with E-state index in [2.05, 4.69) is 10.6 Å². The van der Waals surface area contributed by atoms with Crippen molar-refractivity contribution in [1.82, 2.24) is 9.62 Å². The van der Waals surface area contributed by atoms with Gasteiger partial charge in [0.1, 0.15) is 6.04 Å². The van der Waals surface area contributed by atoms with Crippen molar-refractivity contribution in [2.24, 2.45) is 0 Å². The van der Waals surface area contributed by atoms with Crippen molar-refractivity contribution in [3.63, 3.8) is 0 Å². The summed E-state index contributed by atoms with van der Waals surface area (Å²) in [5, 5.41) is 5.32. The normalized spacial score (nSPS) is 17.0. The molecule has 8 heteroatoms. The van der Waals surface area contributed by atoms with Crippen molar-refractivity contribution in [2.45, 2.75) is 44.6 Å². The second-order valence-corrected chi connectivity index (χ2v) is 9.47. The fourth-order valence-electron chi connectivity index (χ4n) is 4.06. The molecule has 7 nitrogen and oxygen atoms in total. The first-order valence-electron chi connectivity index (χ1n) is 9.88. The Morgan fingerprint density at radius 1 is 1.03 bits per heavy atom. The lowest BCUT2D eigenvalue weighted by Crippen LogP contribution is -2.43. The number of hydrogen-bond acceptors (Lipinski definition) is 4. The summed E-state index contributed by atoms with van der Waals surface area (Å²) < 4.78 is 28.1. The van der Waals surface area contributed by atoms with Crippen LogP contribution in [0, 0.1) is 20.8 Å². The van der Waals surface area contributed by atoms with Crippen LogP contribution < -0.4 is 10.6 Å². The van der Waals surface area contributed by atoms with Gasteiger partial charge < -0.3 is 10.6 Å². The van der Waals surface area contributed by atoms with Crippen molar-refractivity contribution in [2.75, 3.05) is 18.9 Å². The van der Waals surface area contributed by atoms with E-state index in [1.807, 2.05) is 19.1 Å². The van der Waals surface area contributed by atoms with E-state index in [0.29, 0.717) is 41.8 Å². The standard InChI is InChI=1S/C22H27N3O4S/c1-14-12-15(2)20(16(3)13-14)30(28,29)25-11-5-6-19(25)22(27)24-18-9-7-17(8-10-18)21(26)23-4/h7-10,12-13,19H,5-6,11H2,1-4H3,(H,23,26)(H,24,27). The zero-order valence-electron chi connectivity index (χ0n) is 17.7. The van der Waals surface area contributed by atoms with Gasteiger partial charge in [0.05, 0.1) is 4.90 Å². The van der Waals surface area contributed by atoms with Crippen molar-refractivity contribution in [3.8, 4) is 0 Å². The summed E-state index contributed by atoms with van der Waals surface area (Å²) in [6.45, 7) is 5.80. The predicted molar refractivity (Wildman–Crippen MR) is 116 cm³/mol. The lowest BCUT2D eigenvalue weighted by Gasteiger charge is -2.25. The van der Waals surface area contributed by atoms with Crippen LogP contribution in [0.1, 0.15) is 39.9 Å². The van der Waals surface area contributed by atoms with Crippen LogP contribution in [0.3, 0.4) is 0 Å². The minimum atomic E-state index is -3.81. The molecule has 1 atom stereocenters. The van der Waals surface area contributed by atoms with Crippen LogP contribution in [-0.4, -0.2) is 44.2 Å². The van der Waals surface area contributed by atoms with Crippen LogP contribution in [0.5, 0.6) is 0 Å². The van der Waals surface area contributed by atoms with E-state index < -0.39 is 16.1 Å². The highest BCUT2D eigenvalue weighted by atomic mass is 32.2. The minimum Gasteiger partial charge on any atom is -0.355 e. The SMILES string of the molecule is CNC(=O)c1ccc(NC(=O)C2CCCN2S(=O)(=O)c2c(C)cc(C)cc2C)cc1. The van der Waals surface area contributed by atoms with Crippen LogP contribution in [-0.2, 0) is 14.8 Å². The Morgan fingerprint density at radius 3 is 2.20 bits per heavy atom. The zero-order chi connectivity index (χ0) is 22.1. The van der Waals surface area contributed by atoms with Gasteiger partial charge in [0.15, 0.2) is 0 Å². The van der Waals surface area contributed by atoms with Gasteiger partial charge in [-0.3, -0.25) is 9.59 Å². The molecule has 0 radical (unpaired) electrons. The Bertz CT molecular complexity index is 1060. The average Bonchev–Trinajstić information content (AvgIpc) is 3.18. The van der Waals surface area contributed by atoms with Gasteiger partial charge in [0, 0.05) is 24.8 Å². The highest BCUT2D eigenvalue weighted by Crippen LogP contribution is 2.31. The van der Waals surface area contributed by atoms with Gasteiger partial charge in [0.25, 0.3) is 5.91 Å². The molecule has 2 aromatic carbocycles. The molecule has 1 unspecified atom stereocenters. The van der Waals surface area contributed by atoms with Gasteiger partial charge in [-0.15, -0.1) is 0 Å². The molecule has 0 aliphatic carbocycles. The predicted octanol–water partition coefficient (Wildman–Crippen LogP) is 2.76. The number of anilines is 1. The Labute approximate surface area is 177 Å². The number of benzene rings is 2. The van der Waals surface area contributed by atoms with Crippen LogP contribution in [0.15, 0.2) is 41.3 Å². The van der Waals surface area contributed by atoms with E-state index in [1.54, 1.807) is 45.2 Å². The van der Waals surface area contributed by atoms with Gasteiger partial charge in [-0.1, -0.05) is 17.7 Å². The van der Waals surface area contributed by atoms with E-state index in [9.17, 15) is 18.0 Å². The molecule has 1 heterocycles. The van der Waals surface area contributed by atoms with E-state index in [1.165, 1.54) is 4.31 Å². The third-order valence-electron chi connectivity index (χ3n) is 5.32. The fourth-order valence-corrected chi connectivity index (χ4v) is 6.13. The molecule has 2 aromatic rings. The number of sulfonamides is 1. The Kier molecular flexibility index (Phi) is 6.28. The number of nitrogens with one attached hydrogen (secondary N) is 2. The summed E-state index contributed by atoms with van der Waals surface area (Å²) in [7, 11) is -2.26. The first-order valence-corrected chi connectivity index (χ1v) is 11.3. The van der Waals surface area contributed by atoms with E-state index in [0.717, 1.165) is 5.56 Å². The van der Waals surface area contributed by atoms with Crippen LogP contribution in [0.4, 0.5) is 5.69 Å². The van der Waals surface area contributed by atoms with Gasteiger partial charge in [-0.2, -0.15) is 4.31 Å². The molecule has 0 aromatic heterocycles. The Morgan fingerprint density at radius 2 is 1.63 bits per heavy atom. The summed E-state index contributed by atoms with van der Waals surface area (Å²) in [5.41, 5.74) is 3.36. The van der Waals surface area contributed by atoms with Gasteiger partial charge in [-0.25, -0.2) is 8.42 Å². The third-order valence-corrected chi connectivity index (χ3v) is 7.53. The Hall–Kier alpha value is -2.71. The second-order valence-electron chi connectivity index (χ2n) is 7.65. The minimum absolute atomic E-state index is 0.218. The molecule has 1 fully saturated rings. The molecular weight excluding hydrogens is 402 g/mol. The molecule has 0 spiro atoms. The molecule has 2 amide bonds. The molecule has 1 aliphatic heterocycles. The number of aryl methyl sites for hydroxylation is 3. The van der Waals surface area contributed by atoms with Crippen molar-refractivity contribution in [1.29, 1.82) is 0 Å². The quantitative estimate of drug-likeness (QED) is 0.764. The fraction of sp³-hybridized carbons (Fsp3) is 0.364. The number of rotatable bonds is 5. The first-order chi connectivity index (χ1) is 14.1. The topological polar surface area (TPSA) is 95.6 Å². The van der Waals surface area contributed by atoms with E-state index >= 15 is 0 Å². The van der Waals surface area contributed by atoms with Crippen molar-refractivity contribution in [3.05, 3.63) is 58.7 Å². The summed E-state index contributed by atoms with van der Waals surface area (Å²) in [4.78, 5) is 24.8. The lowest BCUT2D eigenvalue weighted by atomic mass is 10.1. The largest absolute Gasteiger partial charge is 0.355 e. The van der Waals surface area contributed by atoms with E-state index in [-0.39, 0.29) is 16.7 Å². The number of carbonyl (C=O) groups excluding carboxylic acids is 2. The molecule has 3 rings (SSSR count). The van der Waals surface area contributed by atoms with E-state index in [4.69, 9.17) is 0 Å². The molecule has 1 aliphatic rings. The Balaban J connectivity index is 1.83. The maximum Gasteiger partial charge on any atom is 0.251 e. The van der Waals surface area contributed by atoms with Gasteiger partial charge >= 0.3 is 0 Å². The average molecular weight is 430 g/mol. The number of nitrogens with zero attached hydrogens (tertiary/aromatic N) is 1. The highest BCUT2D eigenvalue weighted by molar-refractivity contribution is 7.89. The van der Waals surface area contributed by atoms with Crippen LogP contribution in [0.25, 0.3) is 0 Å². The van der Waals surface area contributed by atoms with Crippen molar-refractivity contribution >= 4 is 27.5 Å². The monoisotopic (exact) mass is 429 g/mol. The molecule has 0 bridgehead atoms. The molecule has 1 saturated heterocycles. The molecule has 160 valence electrons. The molecule has 30 heavy (non-hydrogen) atoms. The van der Waals surface area contributed by atoms with Crippen molar-refractivity contribution < 1.29 is 18.0 Å². The first kappa shape index (κ1) is 22.0. The van der Waals surface area contributed by atoms with Crippen LogP contribution >= 0.6 is 0 Å². The summed E-state index contributed by atoms with van der Waals surface area (Å²) in [6.07, 6.45) is 1.09. The third kappa shape index (κ3) is 4.24. The highest BCUT2D eigenvalue weighted by Gasteiger charge is 2.40. The number of carbonyl (C=O) groups is 2. The van der Waals surface area contributed by atoms with Gasteiger partial charge in [-0.05, 0) is 69.0 Å². The maximum atomic E-state index is 13.4. The second kappa shape index (κ2) is 8.57.